The van der Waals surface area contributed by atoms with Gasteiger partial charge in [0.1, 0.15) is 5.75 Å². The molecule has 0 bridgehead atoms. The van der Waals surface area contributed by atoms with E-state index in [9.17, 15) is 14.7 Å². The summed E-state index contributed by atoms with van der Waals surface area (Å²) in [5.41, 5.74) is 1.02. The van der Waals surface area contributed by atoms with E-state index in [2.05, 4.69) is 0 Å². The SMILES string of the molecule is CCCCN1C(=O)C(O)=C(C(=O)C(C)C)C1c1ccc(OCC)cc1. The number of ketones is 1. The summed E-state index contributed by atoms with van der Waals surface area (Å²) < 4.78 is 5.46. The van der Waals surface area contributed by atoms with Crippen LogP contribution in [0.4, 0.5) is 0 Å². The molecule has 136 valence electrons. The second-order valence-electron chi connectivity index (χ2n) is 6.54. The van der Waals surface area contributed by atoms with E-state index >= 15 is 0 Å². The molecule has 0 saturated heterocycles. The molecule has 1 aromatic rings. The van der Waals surface area contributed by atoms with Crippen LogP contribution >= 0.6 is 0 Å². The Labute approximate surface area is 149 Å². The Morgan fingerprint density at radius 1 is 1.24 bits per heavy atom. The molecule has 0 fully saturated rings. The number of amides is 1. The topological polar surface area (TPSA) is 66.8 Å². The fraction of sp³-hybridized carbons (Fsp3) is 0.500. The van der Waals surface area contributed by atoms with Gasteiger partial charge in [0.05, 0.1) is 18.2 Å². The summed E-state index contributed by atoms with van der Waals surface area (Å²) in [7, 11) is 0. The number of hydrogen-bond donors (Lipinski definition) is 1. The molecule has 0 spiro atoms. The highest BCUT2D eigenvalue weighted by atomic mass is 16.5. The average molecular weight is 345 g/mol. The van der Waals surface area contributed by atoms with Crippen molar-refractivity contribution in [2.45, 2.75) is 46.6 Å². The van der Waals surface area contributed by atoms with Crippen molar-refractivity contribution in [3.05, 3.63) is 41.2 Å². The van der Waals surface area contributed by atoms with E-state index in [-0.39, 0.29) is 17.3 Å². The maximum absolute atomic E-state index is 12.7. The number of rotatable bonds is 8. The number of unbranched alkanes of at least 4 members (excludes halogenated alkanes) is 1. The maximum atomic E-state index is 12.7. The summed E-state index contributed by atoms with van der Waals surface area (Å²) >= 11 is 0. The van der Waals surface area contributed by atoms with Crippen LogP contribution < -0.4 is 4.74 Å². The molecule has 1 aliphatic heterocycles. The molecule has 1 unspecified atom stereocenters. The van der Waals surface area contributed by atoms with Gasteiger partial charge in [-0.2, -0.15) is 0 Å². The first kappa shape index (κ1) is 19.0. The van der Waals surface area contributed by atoms with Crippen molar-refractivity contribution in [3.63, 3.8) is 0 Å². The Morgan fingerprint density at radius 2 is 1.88 bits per heavy atom. The predicted octanol–water partition coefficient (Wildman–Crippen LogP) is 3.81. The first-order chi connectivity index (χ1) is 11.9. The van der Waals surface area contributed by atoms with Crippen LogP contribution in [0.2, 0.25) is 0 Å². The number of benzene rings is 1. The lowest BCUT2D eigenvalue weighted by Gasteiger charge is -2.27. The van der Waals surface area contributed by atoms with Crippen molar-refractivity contribution in [2.75, 3.05) is 13.2 Å². The molecule has 1 N–H and O–H groups in total. The molecular weight excluding hydrogens is 318 g/mol. The highest BCUT2D eigenvalue weighted by Gasteiger charge is 2.43. The third-order valence-corrected chi connectivity index (χ3v) is 4.35. The molecule has 1 heterocycles. The monoisotopic (exact) mass is 345 g/mol. The van der Waals surface area contributed by atoms with Gasteiger partial charge in [0.25, 0.3) is 5.91 Å². The van der Waals surface area contributed by atoms with E-state index in [1.54, 1.807) is 18.7 Å². The van der Waals surface area contributed by atoms with Gasteiger partial charge in [-0.1, -0.05) is 39.3 Å². The number of aliphatic hydroxyl groups is 1. The van der Waals surface area contributed by atoms with Crippen molar-refractivity contribution < 1.29 is 19.4 Å². The molecule has 0 radical (unpaired) electrons. The zero-order valence-electron chi connectivity index (χ0n) is 15.4. The summed E-state index contributed by atoms with van der Waals surface area (Å²) in [6, 6.07) is 6.83. The lowest BCUT2D eigenvalue weighted by molar-refractivity contribution is -0.129. The molecule has 1 aromatic carbocycles. The van der Waals surface area contributed by atoms with Crippen LogP contribution in [0.15, 0.2) is 35.6 Å². The Bertz CT molecular complexity index is 661. The van der Waals surface area contributed by atoms with Crippen LogP contribution in [0.3, 0.4) is 0 Å². The number of carbonyl (C=O) groups excluding carboxylic acids is 2. The maximum Gasteiger partial charge on any atom is 0.290 e. The van der Waals surface area contributed by atoms with Gasteiger partial charge in [0, 0.05) is 12.5 Å². The van der Waals surface area contributed by atoms with Crippen LogP contribution in [0.1, 0.15) is 52.1 Å². The summed E-state index contributed by atoms with van der Waals surface area (Å²) in [6.07, 6.45) is 1.74. The van der Waals surface area contributed by atoms with Crippen LogP contribution in [0.5, 0.6) is 5.75 Å². The minimum Gasteiger partial charge on any atom is -0.503 e. The smallest absolute Gasteiger partial charge is 0.290 e. The van der Waals surface area contributed by atoms with Crippen molar-refractivity contribution in [3.8, 4) is 5.75 Å². The number of carbonyl (C=O) groups is 2. The molecule has 0 aliphatic carbocycles. The number of nitrogens with zero attached hydrogens (tertiary/aromatic N) is 1. The van der Waals surface area contributed by atoms with Gasteiger partial charge in [-0.25, -0.2) is 0 Å². The van der Waals surface area contributed by atoms with E-state index in [4.69, 9.17) is 4.74 Å². The standard InChI is InChI=1S/C20H27NO4/c1-5-7-12-21-17(14-8-10-15(11-9-14)25-6-2)16(18(22)13(3)4)19(23)20(21)24/h8-11,13,17,23H,5-7,12H2,1-4H3. The molecule has 1 atom stereocenters. The van der Waals surface area contributed by atoms with Crippen LogP contribution in [0.25, 0.3) is 0 Å². The van der Waals surface area contributed by atoms with Gasteiger partial charge in [-0.3, -0.25) is 9.59 Å². The number of hydrogen-bond acceptors (Lipinski definition) is 4. The van der Waals surface area contributed by atoms with Crippen molar-refractivity contribution in [1.29, 1.82) is 0 Å². The second kappa shape index (κ2) is 8.19. The molecule has 2 rings (SSSR count). The summed E-state index contributed by atoms with van der Waals surface area (Å²) in [6.45, 7) is 8.58. The highest BCUT2D eigenvalue weighted by Crippen LogP contribution is 2.39. The Hall–Kier alpha value is -2.30. The number of ether oxygens (including phenoxy) is 1. The lowest BCUT2D eigenvalue weighted by atomic mass is 9.91. The van der Waals surface area contributed by atoms with Crippen molar-refractivity contribution in [1.82, 2.24) is 4.90 Å². The molecular formula is C20H27NO4. The summed E-state index contributed by atoms with van der Waals surface area (Å²) in [5, 5.41) is 10.4. The first-order valence-electron chi connectivity index (χ1n) is 8.93. The highest BCUT2D eigenvalue weighted by molar-refractivity contribution is 6.09. The van der Waals surface area contributed by atoms with E-state index < -0.39 is 17.7 Å². The fourth-order valence-corrected chi connectivity index (χ4v) is 3.03. The Balaban J connectivity index is 2.45. The first-order valence-corrected chi connectivity index (χ1v) is 8.93. The average Bonchev–Trinajstić information content (AvgIpc) is 2.84. The quantitative estimate of drug-likeness (QED) is 0.778. The third-order valence-electron chi connectivity index (χ3n) is 4.35. The molecule has 1 amide bonds. The van der Waals surface area contributed by atoms with Crippen molar-refractivity contribution >= 4 is 11.7 Å². The van der Waals surface area contributed by atoms with Gasteiger partial charge in [-0.15, -0.1) is 0 Å². The largest absolute Gasteiger partial charge is 0.503 e. The zero-order chi connectivity index (χ0) is 18.6. The van der Waals surface area contributed by atoms with E-state index in [1.165, 1.54) is 0 Å². The van der Waals surface area contributed by atoms with Crippen LogP contribution in [0, 0.1) is 5.92 Å². The second-order valence-corrected chi connectivity index (χ2v) is 6.54. The molecule has 5 nitrogen and oxygen atoms in total. The van der Waals surface area contributed by atoms with Crippen molar-refractivity contribution in [2.24, 2.45) is 5.92 Å². The van der Waals surface area contributed by atoms with E-state index in [1.807, 2.05) is 38.1 Å². The minimum atomic E-state index is -0.537. The zero-order valence-corrected chi connectivity index (χ0v) is 15.4. The summed E-state index contributed by atoms with van der Waals surface area (Å²) in [5.74, 6) is -0.615. The molecule has 5 heteroatoms. The molecule has 25 heavy (non-hydrogen) atoms. The normalized spacial score (nSPS) is 17.6. The van der Waals surface area contributed by atoms with Gasteiger partial charge < -0.3 is 14.7 Å². The van der Waals surface area contributed by atoms with Gasteiger partial charge in [0.15, 0.2) is 11.5 Å². The minimum absolute atomic E-state index is 0.191. The third kappa shape index (κ3) is 3.86. The van der Waals surface area contributed by atoms with Crippen LogP contribution in [-0.4, -0.2) is 34.8 Å². The van der Waals surface area contributed by atoms with Gasteiger partial charge >= 0.3 is 0 Å². The number of Topliss-reactive ketones (excluding diaryl/α,β-unsaturated/α-hetero) is 1. The fourth-order valence-electron chi connectivity index (χ4n) is 3.03. The van der Waals surface area contributed by atoms with Crippen LogP contribution in [-0.2, 0) is 9.59 Å². The number of aliphatic hydroxyl groups excluding tert-OH is 1. The molecule has 1 aliphatic rings. The Kier molecular flexibility index (Phi) is 6.23. The van der Waals surface area contributed by atoms with E-state index in [0.29, 0.717) is 13.2 Å². The van der Waals surface area contributed by atoms with Gasteiger partial charge in [0.2, 0.25) is 0 Å². The predicted molar refractivity (Wildman–Crippen MR) is 96.5 cm³/mol. The van der Waals surface area contributed by atoms with Gasteiger partial charge in [-0.05, 0) is 31.0 Å². The summed E-state index contributed by atoms with van der Waals surface area (Å²) in [4.78, 5) is 26.8. The molecule has 0 saturated carbocycles. The Morgan fingerprint density at radius 3 is 2.40 bits per heavy atom. The lowest BCUT2D eigenvalue weighted by Crippen LogP contribution is -2.32. The van der Waals surface area contributed by atoms with E-state index in [0.717, 1.165) is 24.2 Å². The molecule has 0 aromatic heterocycles.